The number of unbranched alkanes of at least 4 members (excludes halogenated alkanes) is 4. The summed E-state index contributed by atoms with van der Waals surface area (Å²) >= 11 is 0. The zero-order valence-electron chi connectivity index (χ0n) is 18.3. The Morgan fingerprint density at radius 2 is 1.62 bits per heavy atom. The Balaban J connectivity index is 1.58. The van der Waals surface area contributed by atoms with E-state index in [0.29, 0.717) is 11.7 Å². The number of halogens is 1. The molecule has 0 amide bonds. The number of aryl methyl sites for hydroxylation is 1. The van der Waals surface area contributed by atoms with Gasteiger partial charge in [0.15, 0.2) is 5.82 Å². The molecule has 1 aliphatic rings. The molecule has 0 saturated heterocycles. The molecule has 0 aliphatic heterocycles. The van der Waals surface area contributed by atoms with E-state index in [-0.39, 0.29) is 5.82 Å². The first-order valence-corrected chi connectivity index (χ1v) is 11.8. The lowest BCUT2D eigenvalue weighted by Gasteiger charge is -2.29. The summed E-state index contributed by atoms with van der Waals surface area (Å²) in [5, 5.41) is 0. The van der Waals surface area contributed by atoms with Gasteiger partial charge in [0.25, 0.3) is 0 Å². The SMILES string of the molecule is CCCCCCc1cnc(-c2ccc(C3CCC(CCCC)CC3)c(F)c2)nc1. The molecule has 2 nitrogen and oxygen atoms in total. The monoisotopic (exact) mass is 396 g/mol. The van der Waals surface area contributed by atoms with Crippen LogP contribution in [0.15, 0.2) is 30.6 Å². The third kappa shape index (κ3) is 6.35. The maximum atomic E-state index is 14.9. The Bertz CT molecular complexity index is 733. The van der Waals surface area contributed by atoms with Gasteiger partial charge in [0.05, 0.1) is 0 Å². The van der Waals surface area contributed by atoms with Crippen molar-refractivity contribution in [3.63, 3.8) is 0 Å². The number of hydrogen-bond donors (Lipinski definition) is 0. The van der Waals surface area contributed by atoms with Crippen LogP contribution >= 0.6 is 0 Å². The molecule has 3 heteroatoms. The zero-order valence-corrected chi connectivity index (χ0v) is 18.3. The second-order valence-corrected chi connectivity index (χ2v) is 8.82. The minimum Gasteiger partial charge on any atom is -0.236 e. The first kappa shape index (κ1) is 21.9. The molecule has 0 spiro atoms. The van der Waals surface area contributed by atoms with Crippen LogP contribution in [0.3, 0.4) is 0 Å². The molecule has 0 atom stereocenters. The Morgan fingerprint density at radius 1 is 0.897 bits per heavy atom. The lowest BCUT2D eigenvalue weighted by atomic mass is 9.77. The van der Waals surface area contributed by atoms with Gasteiger partial charge >= 0.3 is 0 Å². The van der Waals surface area contributed by atoms with Gasteiger partial charge in [0.1, 0.15) is 5.82 Å². The van der Waals surface area contributed by atoms with Crippen LogP contribution in [0, 0.1) is 11.7 Å². The second-order valence-electron chi connectivity index (χ2n) is 8.82. The van der Waals surface area contributed by atoms with Gasteiger partial charge in [-0.05, 0) is 67.6 Å². The topological polar surface area (TPSA) is 25.8 Å². The highest BCUT2D eigenvalue weighted by molar-refractivity contribution is 5.55. The van der Waals surface area contributed by atoms with Gasteiger partial charge in [-0.2, -0.15) is 0 Å². The highest BCUT2D eigenvalue weighted by atomic mass is 19.1. The van der Waals surface area contributed by atoms with Crippen molar-refractivity contribution in [3.8, 4) is 11.4 Å². The van der Waals surface area contributed by atoms with Crippen molar-refractivity contribution in [2.24, 2.45) is 5.92 Å². The van der Waals surface area contributed by atoms with E-state index in [0.717, 1.165) is 36.3 Å². The molecule has 29 heavy (non-hydrogen) atoms. The predicted octanol–water partition coefficient (Wildman–Crippen LogP) is 7.87. The van der Waals surface area contributed by atoms with Crippen molar-refractivity contribution < 1.29 is 4.39 Å². The van der Waals surface area contributed by atoms with Crippen molar-refractivity contribution in [1.29, 1.82) is 0 Å². The Morgan fingerprint density at radius 3 is 2.28 bits per heavy atom. The molecule has 0 bridgehead atoms. The number of rotatable bonds is 10. The van der Waals surface area contributed by atoms with Gasteiger partial charge < -0.3 is 0 Å². The minimum atomic E-state index is -0.0910. The average Bonchev–Trinajstić information content (AvgIpc) is 2.76. The van der Waals surface area contributed by atoms with Crippen molar-refractivity contribution in [1.82, 2.24) is 9.97 Å². The highest BCUT2D eigenvalue weighted by Gasteiger charge is 2.24. The number of hydrogen-bond acceptors (Lipinski definition) is 2. The van der Waals surface area contributed by atoms with Crippen molar-refractivity contribution >= 4 is 0 Å². The van der Waals surface area contributed by atoms with Crippen LogP contribution in [0.2, 0.25) is 0 Å². The van der Waals surface area contributed by atoms with E-state index in [1.165, 1.54) is 63.4 Å². The first-order chi connectivity index (χ1) is 14.2. The Labute approximate surface area is 176 Å². The molecule has 2 aromatic rings. The van der Waals surface area contributed by atoms with Crippen molar-refractivity contribution in [2.45, 2.75) is 96.8 Å². The van der Waals surface area contributed by atoms with E-state index in [1.54, 1.807) is 6.07 Å². The van der Waals surface area contributed by atoms with E-state index >= 15 is 0 Å². The molecule has 3 rings (SSSR count). The van der Waals surface area contributed by atoms with Crippen LogP contribution in [0.5, 0.6) is 0 Å². The molecule has 1 aromatic carbocycles. The summed E-state index contributed by atoms with van der Waals surface area (Å²) in [6, 6.07) is 5.61. The van der Waals surface area contributed by atoms with E-state index in [4.69, 9.17) is 0 Å². The molecule has 1 aromatic heterocycles. The molecule has 1 heterocycles. The summed E-state index contributed by atoms with van der Waals surface area (Å²) in [7, 11) is 0. The van der Waals surface area contributed by atoms with E-state index in [1.807, 2.05) is 24.5 Å². The third-order valence-electron chi connectivity index (χ3n) is 6.54. The lowest BCUT2D eigenvalue weighted by Crippen LogP contribution is -2.14. The van der Waals surface area contributed by atoms with E-state index in [2.05, 4.69) is 23.8 Å². The molecule has 1 saturated carbocycles. The van der Waals surface area contributed by atoms with Crippen LogP contribution in [-0.4, -0.2) is 9.97 Å². The Kier molecular flexibility index (Phi) is 8.64. The standard InChI is InChI=1S/C26H37FN2/c1-3-5-7-8-10-21-18-28-26(29-19-21)23-15-16-24(25(27)17-23)22-13-11-20(12-14-22)9-6-4-2/h15-20,22H,3-14H2,1-2H3. The summed E-state index contributed by atoms with van der Waals surface area (Å²) < 4.78 is 14.9. The number of nitrogens with zero attached hydrogens (tertiary/aromatic N) is 2. The van der Waals surface area contributed by atoms with E-state index < -0.39 is 0 Å². The third-order valence-corrected chi connectivity index (χ3v) is 6.54. The van der Waals surface area contributed by atoms with Crippen LogP contribution < -0.4 is 0 Å². The lowest BCUT2D eigenvalue weighted by molar-refractivity contribution is 0.301. The fourth-order valence-electron chi connectivity index (χ4n) is 4.64. The predicted molar refractivity (Wildman–Crippen MR) is 119 cm³/mol. The Hall–Kier alpha value is -1.77. The second kappa shape index (κ2) is 11.4. The zero-order chi connectivity index (χ0) is 20.5. The van der Waals surface area contributed by atoms with Crippen LogP contribution in [-0.2, 0) is 6.42 Å². The fraction of sp³-hybridized carbons (Fsp3) is 0.615. The molecular formula is C26H37FN2. The summed E-state index contributed by atoms with van der Waals surface area (Å²) in [4.78, 5) is 8.98. The number of aromatic nitrogens is 2. The minimum absolute atomic E-state index is 0.0910. The fourth-order valence-corrected chi connectivity index (χ4v) is 4.64. The van der Waals surface area contributed by atoms with Gasteiger partial charge in [0, 0.05) is 18.0 Å². The van der Waals surface area contributed by atoms with Crippen LogP contribution in [0.25, 0.3) is 11.4 Å². The molecule has 158 valence electrons. The van der Waals surface area contributed by atoms with Gasteiger partial charge in [-0.25, -0.2) is 14.4 Å². The van der Waals surface area contributed by atoms with Gasteiger partial charge in [0.2, 0.25) is 0 Å². The van der Waals surface area contributed by atoms with Crippen molar-refractivity contribution in [3.05, 3.63) is 47.5 Å². The molecule has 1 aliphatic carbocycles. The quantitative estimate of drug-likeness (QED) is 0.382. The normalized spacial score (nSPS) is 19.4. The average molecular weight is 397 g/mol. The van der Waals surface area contributed by atoms with Crippen molar-refractivity contribution in [2.75, 3.05) is 0 Å². The smallest absolute Gasteiger partial charge is 0.159 e. The summed E-state index contributed by atoms with van der Waals surface area (Å²) in [5.41, 5.74) is 2.83. The van der Waals surface area contributed by atoms with Gasteiger partial charge in [-0.3, -0.25) is 0 Å². The highest BCUT2D eigenvalue weighted by Crippen LogP contribution is 2.39. The van der Waals surface area contributed by atoms with E-state index in [9.17, 15) is 4.39 Å². The first-order valence-electron chi connectivity index (χ1n) is 11.8. The maximum Gasteiger partial charge on any atom is 0.159 e. The molecule has 1 fully saturated rings. The summed E-state index contributed by atoms with van der Waals surface area (Å²) in [6.45, 7) is 4.48. The number of benzene rings is 1. The molecular weight excluding hydrogens is 359 g/mol. The largest absolute Gasteiger partial charge is 0.236 e. The summed E-state index contributed by atoms with van der Waals surface area (Å²) in [5.74, 6) is 1.75. The summed E-state index contributed by atoms with van der Waals surface area (Å²) in [6.07, 6.45) is 18.5. The molecule has 0 radical (unpaired) electrons. The maximum absolute atomic E-state index is 14.9. The van der Waals surface area contributed by atoms with Gasteiger partial charge in [-0.15, -0.1) is 0 Å². The van der Waals surface area contributed by atoms with Gasteiger partial charge in [-0.1, -0.05) is 64.5 Å². The van der Waals surface area contributed by atoms with Crippen LogP contribution in [0.4, 0.5) is 4.39 Å². The van der Waals surface area contributed by atoms with Crippen LogP contribution in [0.1, 0.15) is 102 Å². The molecule has 0 N–H and O–H groups in total. The molecule has 0 unspecified atom stereocenters.